The molecular weight excluding hydrogens is 460 g/mol. The standard InChI is InChI=1S/C22H24N6O5S/c1-30-19-4-2-3-14(24-19)17-8-18(27-33-17)28-13-7-15-20(16(28)11-32-10-13)34-22(25-15)26-21(29)23-12-5-6-31-9-12/h2-4,8,12-13,16H,5-7,9-11H2,1H3,(H2,23,25,26,29)/t12-,13+,16+/m1/s1. The number of hydrogen-bond donors (Lipinski definition) is 2. The molecule has 34 heavy (non-hydrogen) atoms. The van der Waals surface area contributed by atoms with Gasteiger partial charge in [0.05, 0.1) is 55.6 Å². The van der Waals surface area contributed by atoms with Crippen LogP contribution in [0.25, 0.3) is 11.5 Å². The van der Waals surface area contributed by atoms with Gasteiger partial charge < -0.3 is 29.0 Å². The van der Waals surface area contributed by atoms with Gasteiger partial charge in [0.1, 0.15) is 5.69 Å². The molecule has 0 aliphatic carbocycles. The number of carbonyl (C=O) groups excluding carboxylic acids is 1. The van der Waals surface area contributed by atoms with Crippen molar-refractivity contribution in [2.75, 3.05) is 43.8 Å². The van der Waals surface area contributed by atoms with Gasteiger partial charge in [-0.2, -0.15) is 0 Å². The van der Waals surface area contributed by atoms with Gasteiger partial charge in [-0.15, -0.1) is 0 Å². The average molecular weight is 485 g/mol. The summed E-state index contributed by atoms with van der Waals surface area (Å²) in [5.41, 5.74) is 1.65. The predicted octanol–water partition coefficient (Wildman–Crippen LogP) is 2.61. The minimum absolute atomic E-state index is 0.0399. The topological polar surface area (TPSA) is 124 Å². The van der Waals surface area contributed by atoms with Crippen LogP contribution in [0.3, 0.4) is 0 Å². The summed E-state index contributed by atoms with van der Waals surface area (Å²) in [5.74, 6) is 1.81. The largest absolute Gasteiger partial charge is 0.481 e. The third kappa shape index (κ3) is 3.97. The van der Waals surface area contributed by atoms with Crippen LogP contribution in [0.5, 0.6) is 5.88 Å². The lowest BCUT2D eigenvalue weighted by Crippen LogP contribution is -2.51. The van der Waals surface area contributed by atoms with Gasteiger partial charge in [0.2, 0.25) is 5.88 Å². The normalized spacial score (nSPS) is 23.4. The molecule has 6 heterocycles. The Morgan fingerprint density at radius 3 is 3.03 bits per heavy atom. The van der Waals surface area contributed by atoms with Crippen LogP contribution in [0.1, 0.15) is 23.0 Å². The summed E-state index contributed by atoms with van der Waals surface area (Å²) in [6, 6.07) is 7.19. The Morgan fingerprint density at radius 1 is 1.24 bits per heavy atom. The van der Waals surface area contributed by atoms with Crippen molar-refractivity contribution < 1.29 is 23.5 Å². The van der Waals surface area contributed by atoms with E-state index in [2.05, 4.69) is 25.7 Å². The zero-order valence-electron chi connectivity index (χ0n) is 18.5. The number of rotatable bonds is 5. The highest BCUT2D eigenvalue weighted by atomic mass is 32.1. The summed E-state index contributed by atoms with van der Waals surface area (Å²) in [7, 11) is 1.58. The summed E-state index contributed by atoms with van der Waals surface area (Å²) in [6.45, 7) is 2.30. The molecule has 3 aromatic heterocycles. The minimum Gasteiger partial charge on any atom is -0.481 e. The molecule has 2 saturated heterocycles. The monoisotopic (exact) mass is 484 g/mol. The third-order valence-electron chi connectivity index (χ3n) is 6.21. The SMILES string of the molecule is COc1cccc(-c2cc(N3[C@@H]4COC[C@H]3c3sc(NC(=O)N[C@@H]5CCOC5)nc3C4)no2)n1. The van der Waals surface area contributed by atoms with Crippen molar-refractivity contribution in [3.63, 3.8) is 0 Å². The highest BCUT2D eigenvalue weighted by molar-refractivity contribution is 7.16. The van der Waals surface area contributed by atoms with Crippen molar-refractivity contribution in [3.8, 4) is 17.3 Å². The van der Waals surface area contributed by atoms with Gasteiger partial charge in [-0.1, -0.05) is 22.6 Å². The number of urea groups is 1. The number of nitrogens with zero attached hydrogens (tertiary/aromatic N) is 4. The van der Waals surface area contributed by atoms with Crippen molar-refractivity contribution in [1.29, 1.82) is 0 Å². The molecule has 0 unspecified atom stereocenters. The van der Waals surface area contributed by atoms with Gasteiger partial charge in [-0.05, 0) is 12.5 Å². The van der Waals surface area contributed by atoms with Crippen LogP contribution in [0.15, 0.2) is 28.8 Å². The number of hydrogen-bond acceptors (Lipinski definition) is 10. The summed E-state index contributed by atoms with van der Waals surface area (Å²) in [6.07, 6.45) is 1.52. The van der Waals surface area contributed by atoms with E-state index in [1.165, 1.54) is 11.3 Å². The summed E-state index contributed by atoms with van der Waals surface area (Å²) in [5, 5.41) is 10.7. The van der Waals surface area contributed by atoms with Crippen LogP contribution in [0.4, 0.5) is 15.7 Å². The summed E-state index contributed by atoms with van der Waals surface area (Å²) in [4.78, 5) is 24.8. The van der Waals surface area contributed by atoms with Gasteiger partial charge in [0, 0.05) is 25.2 Å². The maximum atomic E-state index is 12.4. The molecule has 3 aliphatic heterocycles. The number of amides is 2. The number of anilines is 2. The maximum absolute atomic E-state index is 12.4. The smallest absolute Gasteiger partial charge is 0.321 e. The summed E-state index contributed by atoms with van der Waals surface area (Å²) < 4.78 is 22.1. The second-order valence-electron chi connectivity index (χ2n) is 8.42. The molecule has 2 amide bonds. The molecule has 0 spiro atoms. The molecule has 0 saturated carbocycles. The fourth-order valence-electron chi connectivity index (χ4n) is 4.62. The van der Waals surface area contributed by atoms with Crippen molar-refractivity contribution in [3.05, 3.63) is 34.8 Å². The predicted molar refractivity (Wildman–Crippen MR) is 123 cm³/mol. The van der Waals surface area contributed by atoms with Gasteiger partial charge in [-0.3, -0.25) is 5.32 Å². The fourth-order valence-corrected chi connectivity index (χ4v) is 5.70. The van der Waals surface area contributed by atoms with Gasteiger partial charge in [0.25, 0.3) is 0 Å². The molecular formula is C22H24N6O5S. The van der Waals surface area contributed by atoms with Crippen LogP contribution in [0.2, 0.25) is 0 Å². The molecule has 0 radical (unpaired) electrons. The number of thiazole rings is 1. The highest BCUT2D eigenvalue weighted by Gasteiger charge is 2.42. The fraction of sp³-hybridized carbons (Fsp3) is 0.455. The van der Waals surface area contributed by atoms with Crippen LogP contribution >= 0.6 is 11.3 Å². The van der Waals surface area contributed by atoms with Gasteiger partial charge >= 0.3 is 6.03 Å². The van der Waals surface area contributed by atoms with E-state index < -0.39 is 0 Å². The Balaban J connectivity index is 1.23. The molecule has 0 aromatic carbocycles. The zero-order valence-corrected chi connectivity index (χ0v) is 19.3. The Morgan fingerprint density at radius 2 is 2.18 bits per heavy atom. The number of morpholine rings is 1. The Bertz CT molecular complexity index is 1190. The van der Waals surface area contributed by atoms with E-state index in [1.807, 2.05) is 18.2 Å². The molecule has 3 aliphatic rings. The van der Waals surface area contributed by atoms with Crippen LogP contribution in [-0.4, -0.2) is 66.8 Å². The third-order valence-corrected chi connectivity index (χ3v) is 7.32. The number of ether oxygens (including phenoxy) is 3. The van der Waals surface area contributed by atoms with E-state index in [0.29, 0.717) is 55.3 Å². The van der Waals surface area contributed by atoms with E-state index >= 15 is 0 Å². The van der Waals surface area contributed by atoms with Crippen LogP contribution in [-0.2, 0) is 15.9 Å². The molecule has 11 nitrogen and oxygen atoms in total. The first-order valence-electron chi connectivity index (χ1n) is 11.2. The zero-order chi connectivity index (χ0) is 23.1. The molecule has 2 bridgehead atoms. The Kier molecular flexibility index (Phi) is 5.55. The van der Waals surface area contributed by atoms with E-state index in [9.17, 15) is 4.79 Å². The first-order chi connectivity index (χ1) is 16.7. The van der Waals surface area contributed by atoms with E-state index in [4.69, 9.17) is 23.7 Å². The van der Waals surface area contributed by atoms with Crippen molar-refractivity contribution >= 4 is 28.3 Å². The lowest BCUT2D eigenvalue weighted by atomic mass is 9.96. The first-order valence-corrected chi connectivity index (χ1v) is 12.0. The molecule has 3 atom stereocenters. The maximum Gasteiger partial charge on any atom is 0.321 e. The average Bonchev–Trinajstić information content (AvgIpc) is 3.60. The van der Waals surface area contributed by atoms with E-state index in [1.54, 1.807) is 13.2 Å². The Hall–Kier alpha value is -3.22. The van der Waals surface area contributed by atoms with Crippen LogP contribution in [0, 0.1) is 0 Å². The minimum atomic E-state index is -0.260. The van der Waals surface area contributed by atoms with Crippen molar-refractivity contribution in [1.82, 2.24) is 20.4 Å². The summed E-state index contributed by atoms with van der Waals surface area (Å²) >= 11 is 1.47. The van der Waals surface area contributed by atoms with E-state index in [-0.39, 0.29) is 24.2 Å². The number of aromatic nitrogens is 3. The van der Waals surface area contributed by atoms with Crippen molar-refractivity contribution in [2.45, 2.75) is 31.0 Å². The highest BCUT2D eigenvalue weighted by Crippen LogP contribution is 2.43. The first kappa shape index (κ1) is 21.3. The Labute approximate surface area is 199 Å². The molecule has 2 N–H and O–H groups in total. The number of pyridine rings is 1. The number of nitrogens with one attached hydrogen (secondary N) is 2. The number of methoxy groups -OCH3 is 1. The second-order valence-corrected chi connectivity index (χ2v) is 9.45. The molecule has 6 rings (SSSR count). The molecule has 178 valence electrons. The second kappa shape index (κ2) is 8.85. The van der Waals surface area contributed by atoms with Crippen molar-refractivity contribution in [2.24, 2.45) is 0 Å². The molecule has 12 heteroatoms. The van der Waals surface area contributed by atoms with Gasteiger partial charge in [-0.25, -0.2) is 14.8 Å². The number of fused-ring (bicyclic) bond motifs is 4. The lowest BCUT2D eigenvalue weighted by molar-refractivity contribution is 0.0601. The quantitative estimate of drug-likeness (QED) is 0.562. The molecule has 3 aromatic rings. The lowest BCUT2D eigenvalue weighted by Gasteiger charge is -2.44. The van der Waals surface area contributed by atoms with Gasteiger partial charge in [0.15, 0.2) is 16.7 Å². The van der Waals surface area contributed by atoms with E-state index in [0.717, 1.165) is 22.8 Å². The number of carbonyl (C=O) groups is 1. The molecule has 2 fully saturated rings. The van der Waals surface area contributed by atoms with Crippen LogP contribution < -0.4 is 20.3 Å².